The smallest absolute Gasteiger partial charge is 0.244 e. The Balaban J connectivity index is 1.44. The normalized spacial score (nSPS) is 15.4. The van der Waals surface area contributed by atoms with E-state index in [0.29, 0.717) is 31.1 Å². The summed E-state index contributed by atoms with van der Waals surface area (Å²) in [5.74, 6) is 0.0160. The van der Waals surface area contributed by atoms with Gasteiger partial charge in [-0.1, -0.05) is 11.3 Å². The fraction of sp³-hybridized carbons (Fsp3) is 0.375. The minimum atomic E-state index is -3.24. The maximum Gasteiger partial charge on any atom is 0.244 e. The molecule has 1 amide bonds. The highest BCUT2D eigenvalue weighted by Gasteiger charge is 2.23. The van der Waals surface area contributed by atoms with Gasteiger partial charge in [0.05, 0.1) is 15.1 Å². The number of anilines is 1. The third-order valence-electron chi connectivity index (χ3n) is 4.44. The number of thiazole rings is 1. The van der Waals surface area contributed by atoms with Crippen molar-refractivity contribution >= 4 is 42.4 Å². The molecule has 0 bridgehead atoms. The van der Waals surface area contributed by atoms with Crippen LogP contribution >= 0.6 is 11.3 Å². The average Bonchev–Trinajstić information content (AvgIpc) is 3.29. The first-order valence-corrected chi connectivity index (χ1v) is 11.1. The topological polar surface area (TPSA) is 101 Å². The Kier molecular flexibility index (Phi) is 4.56. The van der Waals surface area contributed by atoms with Crippen LogP contribution in [0, 0.1) is 0 Å². The molecule has 2 aromatic heterocycles. The summed E-state index contributed by atoms with van der Waals surface area (Å²) in [6.45, 7) is 2.77. The molecular formula is C16H18N6O3S2. The molecule has 0 unspecified atom stereocenters. The zero-order valence-corrected chi connectivity index (χ0v) is 16.3. The lowest BCUT2D eigenvalue weighted by atomic mass is 10.3. The summed E-state index contributed by atoms with van der Waals surface area (Å²) in [4.78, 5) is 25.0. The van der Waals surface area contributed by atoms with Crippen molar-refractivity contribution < 1.29 is 13.2 Å². The van der Waals surface area contributed by atoms with Crippen LogP contribution < -0.4 is 4.90 Å². The van der Waals surface area contributed by atoms with E-state index in [4.69, 9.17) is 0 Å². The van der Waals surface area contributed by atoms with Gasteiger partial charge in [0.2, 0.25) is 5.91 Å². The number of hydrogen-bond donors (Lipinski definition) is 0. The van der Waals surface area contributed by atoms with Crippen molar-refractivity contribution in [2.75, 3.05) is 37.3 Å². The third kappa shape index (κ3) is 3.78. The lowest BCUT2D eigenvalue weighted by Crippen LogP contribution is -2.49. The maximum atomic E-state index is 12.3. The molecule has 1 aliphatic rings. The van der Waals surface area contributed by atoms with E-state index >= 15 is 0 Å². The van der Waals surface area contributed by atoms with E-state index < -0.39 is 9.84 Å². The Morgan fingerprint density at radius 2 is 2.00 bits per heavy atom. The van der Waals surface area contributed by atoms with Crippen LogP contribution in [-0.4, -0.2) is 71.4 Å². The molecule has 3 aromatic rings. The van der Waals surface area contributed by atoms with Gasteiger partial charge in [-0.05, 0) is 18.2 Å². The van der Waals surface area contributed by atoms with Crippen LogP contribution in [0.3, 0.4) is 0 Å². The number of aromatic nitrogens is 4. The molecule has 1 aromatic carbocycles. The van der Waals surface area contributed by atoms with Crippen molar-refractivity contribution in [3.8, 4) is 0 Å². The first kappa shape index (κ1) is 17.9. The van der Waals surface area contributed by atoms with Gasteiger partial charge in [0.15, 0.2) is 15.0 Å². The second-order valence-electron chi connectivity index (χ2n) is 6.36. The predicted octanol–water partition coefficient (Wildman–Crippen LogP) is 0.640. The minimum absolute atomic E-state index is 0.0160. The number of nitrogens with zero attached hydrogens (tertiary/aromatic N) is 6. The number of sulfone groups is 1. The van der Waals surface area contributed by atoms with Crippen LogP contribution in [0.1, 0.15) is 0 Å². The Hall–Kier alpha value is -2.53. The molecule has 3 heterocycles. The number of amides is 1. The van der Waals surface area contributed by atoms with Gasteiger partial charge in [-0.15, -0.1) is 0 Å². The molecule has 4 rings (SSSR count). The average molecular weight is 406 g/mol. The van der Waals surface area contributed by atoms with Crippen LogP contribution in [0.25, 0.3) is 10.2 Å². The summed E-state index contributed by atoms with van der Waals surface area (Å²) >= 11 is 1.47. The van der Waals surface area contributed by atoms with E-state index in [9.17, 15) is 13.2 Å². The minimum Gasteiger partial charge on any atom is -0.345 e. The zero-order valence-electron chi connectivity index (χ0n) is 14.6. The molecule has 1 fully saturated rings. The Bertz CT molecular complexity index is 1070. The van der Waals surface area contributed by atoms with Crippen LogP contribution in [0.2, 0.25) is 0 Å². The lowest BCUT2D eigenvalue weighted by molar-refractivity contribution is -0.132. The van der Waals surface area contributed by atoms with Crippen molar-refractivity contribution in [2.45, 2.75) is 11.4 Å². The highest BCUT2D eigenvalue weighted by molar-refractivity contribution is 7.90. The molecule has 142 valence electrons. The summed E-state index contributed by atoms with van der Waals surface area (Å²) in [7, 11) is -3.24. The summed E-state index contributed by atoms with van der Waals surface area (Å²) in [6, 6.07) is 5.00. The van der Waals surface area contributed by atoms with Crippen molar-refractivity contribution in [3.05, 3.63) is 30.9 Å². The standard InChI is InChI=1S/C16H18N6O3S2/c1-27(24,25)12-2-3-13-14(8-12)26-16(19-13)21-6-4-20(5-7-21)15(23)9-22-11-17-10-18-22/h2-3,8,10-11H,4-7,9H2,1H3. The molecular weight excluding hydrogens is 388 g/mol. The van der Waals surface area contributed by atoms with Gasteiger partial charge in [0.25, 0.3) is 0 Å². The fourth-order valence-electron chi connectivity index (χ4n) is 2.96. The van der Waals surface area contributed by atoms with Gasteiger partial charge >= 0.3 is 0 Å². The van der Waals surface area contributed by atoms with Crippen molar-refractivity contribution in [2.24, 2.45) is 0 Å². The molecule has 11 heteroatoms. The van der Waals surface area contributed by atoms with Gasteiger partial charge in [-0.3, -0.25) is 4.79 Å². The van der Waals surface area contributed by atoms with E-state index in [2.05, 4.69) is 20.0 Å². The van der Waals surface area contributed by atoms with Crippen molar-refractivity contribution in [3.63, 3.8) is 0 Å². The molecule has 0 saturated carbocycles. The third-order valence-corrected chi connectivity index (χ3v) is 6.63. The largest absolute Gasteiger partial charge is 0.345 e. The molecule has 0 N–H and O–H groups in total. The lowest BCUT2D eigenvalue weighted by Gasteiger charge is -2.34. The number of rotatable bonds is 4. The van der Waals surface area contributed by atoms with Crippen molar-refractivity contribution in [1.82, 2.24) is 24.6 Å². The number of carbonyl (C=O) groups is 1. The monoisotopic (exact) mass is 406 g/mol. The second-order valence-corrected chi connectivity index (χ2v) is 9.38. The quantitative estimate of drug-likeness (QED) is 0.627. The molecule has 1 aliphatic heterocycles. The van der Waals surface area contributed by atoms with Crippen LogP contribution in [0.15, 0.2) is 35.7 Å². The number of benzene rings is 1. The number of carbonyl (C=O) groups excluding carboxylic acids is 1. The molecule has 0 spiro atoms. The maximum absolute atomic E-state index is 12.3. The van der Waals surface area contributed by atoms with Gasteiger partial charge in [-0.25, -0.2) is 23.1 Å². The van der Waals surface area contributed by atoms with E-state index in [1.165, 1.54) is 34.9 Å². The molecule has 1 saturated heterocycles. The number of piperazine rings is 1. The highest BCUT2D eigenvalue weighted by Crippen LogP contribution is 2.31. The Morgan fingerprint density at radius 1 is 1.22 bits per heavy atom. The second kappa shape index (κ2) is 6.89. The van der Waals surface area contributed by atoms with E-state index in [1.807, 2.05) is 4.90 Å². The molecule has 0 aliphatic carbocycles. The van der Waals surface area contributed by atoms with Gasteiger partial charge in [-0.2, -0.15) is 5.10 Å². The van der Waals surface area contributed by atoms with Crippen molar-refractivity contribution in [1.29, 1.82) is 0 Å². The number of fused-ring (bicyclic) bond motifs is 1. The first-order valence-electron chi connectivity index (χ1n) is 8.36. The Labute approximate surface area is 160 Å². The summed E-state index contributed by atoms with van der Waals surface area (Å²) in [6.07, 6.45) is 4.14. The van der Waals surface area contributed by atoms with Gasteiger partial charge in [0, 0.05) is 32.4 Å². The summed E-state index contributed by atoms with van der Waals surface area (Å²) in [5, 5.41) is 4.80. The molecule has 9 nitrogen and oxygen atoms in total. The zero-order chi connectivity index (χ0) is 19.0. The van der Waals surface area contributed by atoms with Crippen LogP contribution in [0.5, 0.6) is 0 Å². The summed E-state index contributed by atoms with van der Waals surface area (Å²) < 4.78 is 25.8. The van der Waals surface area contributed by atoms with E-state index in [-0.39, 0.29) is 12.5 Å². The van der Waals surface area contributed by atoms with Gasteiger partial charge < -0.3 is 9.80 Å². The fourth-order valence-corrected chi connectivity index (χ4v) is 4.74. The Morgan fingerprint density at radius 3 is 2.67 bits per heavy atom. The van der Waals surface area contributed by atoms with Crippen LogP contribution in [-0.2, 0) is 21.2 Å². The van der Waals surface area contributed by atoms with E-state index in [0.717, 1.165) is 15.3 Å². The molecule has 0 atom stereocenters. The molecule has 0 radical (unpaired) electrons. The van der Waals surface area contributed by atoms with Crippen LogP contribution in [0.4, 0.5) is 5.13 Å². The van der Waals surface area contributed by atoms with E-state index in [1.54, 1.807) is 18.2 Å². The predicted molar refractivity (Wildman–Crippen MR) is 102 cm³/mol. The molecule has 27 heavy (non-hydrogen) atoms. The number of hydrogen-bond acceptors (Lipinski definition) is 8. The van der Waals surface area contributed by atoms with Gasteiger partial charge in [0.1, 0.15) is 19.2 Å². The SMILES string of the molecule is CS(=O)(=O)c1ccc2nc(N3CCN(C(=O)Cn4cncn4)CC3)sc2c1. The summed E-state index contributed by atoms with van der Waals surface area (Å²) in [5.41, 5.74) is 0.784. The first-order chi connectivity index (χ1) is 12.9. The highest BCUT2D eigenvalue weighted by atomic mass is 32.2.